The second-order valence-corrected chi connectivity index (χ2v) is 9.45. The van der Waals surface area contributed by atoms with Gasteiger partial charge < -0.3 is 9.67 Å². The number of piperidine rings is 1. The van der Waals surface area contributed by atoms with E-state index in [1.165, 1.54) is 29.8 Å². The highest BCUT2D eigenvalue weighted by Crippen LogP contribution is 2.42. The minimum absolute atomic E-state index is 0.000235. The summed E-state index contributed by atoms with van der Waals surface area (Å²) >= 11 is 1.71. The second kappa shape index (κ2) is 8.88. The molecule has 0 bridgehead atoms. The average molecular weight is 450 g/mol. The quantitative estimate of drug-likeness (QED) is 0.462. The molecule has 1 saturated carbocycles. The van der Waals surface area contributed by atoms with Gasteiger partial charge in [0.25, 0.3) is 6.47 Å². The van der Waals surface area contributed by atoms with Gasteiger partial charge in [-0.3, -0.25) is 14.1 Å². The SMILES string of the molecule is O=CO.c1ccc(C2(c3cn4ccsc4n3)CCN(Cc3cncn3C3CC3)CC2)cc1. The van der Waals surface area contributed by atoms with E-state index < -0.39 is 0 Å². The lowest BCUT2D eigenvalue weighted by atomic mass is 9.70. The van der Waals surface area contributed by atoms with Crippen molar-refractivity contribution in [2.24, 2.45) is 0 Å². The highest BCUT2D eigenvalue weighted by atomic mass is 32.1. The van der Waals surface area contributed by atoms with E-state index in [0.717, 1.165) is 37.4 Å². The highest BCUT2D eigenvalue weighted by Gasteiger charge is 2.40. The van der Waals surface area contributed by atoms with Crippen LogP contribution in [-0.4, -0.2) is 48.5 Å². The molecule has 2 aliphatic rings. The maximum Gasteiger partial charge on any atom is 0.290 e. The number of rotatable bonds is 5. The summed E-state index contributed by atoms with van der Waals surface area (Å²) in [7, 11) is 0. The zero-order valence-corrected chi connectivity index (χ0v) is 18.7. The van der Waals surface area contributed by atoms with Crippen LogP contribution in [0.15, 0.2) is 60.6 Å². The zero-order chi connectivity index (χ0) is 22.0. The highest BCUT2D eigenvalue weighted by molar-refractivity contribution is 7.15. The van der Waals surface area contributed by atoms with E-state index in [2.05, 4.69) is 73.2 Å². The van der Waals surface area contributed by atoms with E-state index in [-0.39, 0.29) is 11.9 Å². The molecule has 4 aromatic rings. The molecule has 0 spiro atoms. The summed E-state index contributed by atoms with van der Waals surface area (Å²) in [6, 6.07) is 11.7. The number of hydrogen-bond donors (Lipinski definition) is 1. The summed E-state index contributed by atoms with van der Waals surface area (Å²) in [4.78, 5) is 21.5. The van der Waals surface area contributed by atoms with Crippen LogP contribution in [0.1, 0.15) is 48.7 Å². The fourth-order valence-electron chi connectivity index (χ4n) is 4.87. The molecular formula is C24H27N5O2S. The van der Waals surface area contributed by atoms with Crippen molar-refractivity contribution in [3.8, 4) is 0 Å². The van der Waals surface area contributed by atoms with Crippen LogP contribution >= 0.6 is 11.3 Å². The Kier molecular flexibility index (Phi) is 5.80. The van der Waals surface area contributed by atoms with Crippen molar-refractivity contribution in [1.82, 2.24) is 23.8 Å². The first kappa shape index (κ1) is 20.9. The third-order valence-corrected chi connectivity index (χ3v) is 7.46. The molecule has 32 heavy (non-hydrogen) atoms. The molecule has 7 nitrogen and oxygen atoms in total. The van der Waals surface area contributed by atoms with Crippen molar-refractivity contribution >= 4 is 22.8 Å². The van der Waals surface area contributed by atoms with Crippen LogP contribution in [-0.2, 0) is 16.8 Å². The van der Waals surface area contributed by atoms with Crippen LogP contribution in [0.2, 0.25) is 0 Å². The van der Waals surface area contributed by atoms with E-state index in [9.17, 15) is 0 Å². The van der Waals surface area contributed by atoms with Gasteiger partial charge in [-0.05, 0) is 44.3 Å². The van der Waals surface area contributed by atoms with Crippen LogP contribution in [0.25, 0.3) is 4.96 Å². The van der Waals surface area contributed by atoms with E-state index in [1.807, 2.05) is 6.33 Å². The first-order valence-electron chi connectivity index (χ1n) is 11.0. The van der Waals surface area contributed by atoms with Crippen LogP contribution in [0, 0.1) is 0 Å². The Morgan fingerprint density at radius 1 is 1.19 bits per heavy atom. The van der Waals surface area contributed by atoms with E-state index in [1.54, 1.807) is 11.3 Å². The number of likely N-dealkylation sites (tertiary alicyclic amines) is 1. The number of carboxylic acid groups (broad SMARTS) is 1. The molecule has 0 atom stereocenters. The third-order valence-electron chi connectivity index (χ3n) is 6.69. The number of hydrogen-bond acceptors (Lipinski definition) is 5. The number of imidazole rings is 2. The largest absolute Gasteiger partial charge is 0.483 e. The van der Waals surface area contributed by atoms with Gasteiger partial charge >= 0.3 is 0 Å². The van der Waals surface area contributed by atoms with Crippen molar-refractivity contribution in [2.75, 3.05) is 13.1 Å². The van der Waals surface area contributed by atoms with Crippen molar-refractivity contribution in [2.45, 2.75) is 43.7 Å². The second-order valence-electron chi connectivity index (χ2n) is 8.57. The number of benzene rings is 1. The normalized spacial score (nSPS) is 18.2. The standard InChI is InChI=1S/C23H25N5S.CH2O2/c1-2-4-18(5-3-1)23(21-16-27-12-13-29-22(27)25-21)8-10-26(11-9-23)15-20-14-24-17-28(20)19-6-7-19;2-1-3/h1-5,12-14,16-17,19H,6-11,15H2;1H,(H,2,3). The Bertz CT molecular complexity index is 1140. The Hall–Kier alpha value is -2.97. The molecule has 0 amide bonds. The molecule has 1 aromatic carbocycles. The van der Waals surface area contributed by atoms with Crippen LogP contribution < -0.4 is 0 Å². The van der Waals surface area contributed by atoms with Crippen LogP contribution in [0.5, 0.6) is 0 Å². The lowest BCUT2D eigenvalue weighted by molar-refractivity contribution is -0.122. The van der Waals surface area contributed by atoms with Gasteiger partial charge in [0.15, 0.2) is 4.96 Å². The summed E-state index contributed by atoms with van der Waals surface area (Å²) in [6.45, 7) is 2.91. The molecule has 2 fully saturated rings. The minimum Gasteiger partial charge on any atom is -0.483 e. The van der Waals surface area contributed by atoms with Gasteiger partial charge in [-0.25, -0.2) is 9.97 Å². The van der Waals surface area contributed by atoms with E-state index >= 15 is 0 Å². The Morgan fingerprint density at radius 3 is 2.62 bits per heavy atom. The Balaban J connectivity index is 0.000000684. The molecule has 1 aliphatic carbocycles. The molecule has 0 radical (unpaired) electrons. The monoisotopic (exact) mass is 449 g/mol. The molecular weight excluding hydrogens is 422 g/mol. The van der Waals surface area contributed by atoms with Crippen molar-refractivity contribution in [1.29, 1.82) is 0 Å². The van der Waals surface area contributed by atoms with Gasteiger partial charge in [-0.15, -0.1) is 11.3 Å². The van der Waals surface area contributed by atoms with E-state index in [0.29, 0.717) is 6.04 Å². The predicted octanol–water partition coefficient (Wildman–Crippen LogP) is 4.21. The summed E-state index contributed by atoms with van der Waals surface area (Å²) in [5, 5.41) is 8.99. The maximum absolute atomic E-state index is 8.36. The molecule has 166 valence electrons. The summed E-state index contributed by atoms with van der Waals surface area (Å²) in [5.74, 6) is 0. The first-order chi connectivity index (χ1) is 15.7. The van der Waals surface area contributed by atoms with Gasteiger partial charge in [0.2, 0.25) is 0 Å². The van der Waals surface area contributed by atoms with Crippen LogP contribution in [0.4, 0.5) is 0 Å². The van der Waals surface area contributed by atoms with Gasteiger partial charge in [0.05, 0.1) is 17.7 Å². The molecule has 4 heterocycles. The summed E-state index contributed by atoms with van der Waals surface area (Å²) in [5.41, 5.74) is 3.98. The van der Waals surface area contributed by atoms with Crippen molar-refractivity contribution < 1.29 is 9.90 Å². The minimum atomic E-state index is -0.250. The molecule has 1 N–H and O–H groups in total. The van der Waals surface area contributed by atoms with Gasteiger partial charge in [-0.2, -0.15) is 0 Å². The number of aromatic nitrogens is 4. The molecule has 1 saturated heterocycles. The molecule has 1 aliphatic heterocycles. The fourth-order valence-corrected chi connectivity index (χ4v) is 5.57. The fraction of sp³-hybridized carbons (Fsp3) is 0.375. The predicted molar refractivity (Wildman–Crippen MR) is 124 cm³/mol. The molecule has 0 unspecified atom stereocenters. The van der Waals surface area contributed by atoms with E-state index in [4.69, 9.17) is 14.9 Å². The van der Waals surface area contributed by atoms with Gasteiger partial charge in [0, 0.05) is 42.0 Å². The number of thiazole rings is 1. The zero-order valence-electron chi connectivity index (χ0n) is 17.9. The van der Waals surface area contributed by atoms with Crippen molar-refractivity contribution in [3.63, 3.8) is 0 Å². The summed E-state index contributed by atoms with van der Waals surface area (Å²) in [6.07, 6.45) is 13.2. The van der Waals surface area contributed by atoms with Gasteiger partial charge in [-0.1, -0.05) is 30.3 Å². The third kappa shape index (κ3) is 3.96. The van der Waals surface area contributed by atoms with Gasteiger partial charge in [0.1, 0.15) is 0 Å². The van der Waals surface area contributed by atoms with Crippen molar-refractivity contribution in [3.05, 3.63) is 77.6 Å². The molecule has 8 heteroatoms. The maximum atomic E-state index is 8.36. The Morgan fingerprint density at radius 2 is 1.94 bits per heavy atom. The average Bonchev–Trinajstić information content (AvgIpc) is 3.19. The lowest BCUT2D eigenvalue weighted by Crippen LogP contribution is -2.43. The lowest BCUT2D eigenvalue weighted by Gasteiger charge is -2.41. The number of fused-ring (bicyclic) bond motifs is 1. The molecule has 3 aromatic heterocycles. The smallest absolute Gasteiger partial charge is 0.290 e. The first-order valence-corrected chi connectivity index (χ1v) is 11.9. The van der Waals surface area contributed by atoms with Crippen LogP contribution in [0.3, 0.4) is 0 Å². The Labute approximate surface area is 191 Å². The number of nitrogens with zero attached hydrogens (tertiary/aromatic N) is 5. The number of carbonyl (C=O) groups is 1. The summed E-state index contributed by atoms with van der Waals surface area (Å²) < 4.78 is 4.56. The molecule has 6 rings (SSSR count). The topological polar surface area (TPSA) is 75.7 Å².